The van der Waals surface area contributed by atoms with Crippen molar-refractivity contribution < 1.29 is 14.3 Å². The van der Waals surface area contributed by atoms with E-state index >= 15 is 0 Å². The molecule has 1 unspecified atom stereocenters. The van der Waals surface area contributed by atoms with E-state index in [0.29, 0.717) is 5.57 Å². The van der Waals surface area contributed by atoms with Crippen LogP contribution < -0.4 is 0 Å². The summed E-state index contributed by atoms with van der Waals surface area (Å²) >= 11 is 5.63. The first kappa shape index (κ1) is 11.1. The Labute approximate surface area is 73.0 Å². The van der Waals surface area contributed by atoms with Crippen LogP contribution in [0, 0.1) is 0 Å². The number of aliphatic hydroxyl groups excluding tert-OH is 1. The maximum atomic E-state index is 9.05. The average Bonchev–Trinajstić information content (AvgIpc) is 1.99. The van der Waals surface area contributed by atoms with Crippen LogP contribution in [0.5, 0.6) is 0 Å². The van der Waals surface area contributed by atoms with Crippen LogP contribution in [0.15, 0.2) is 12.2 Å². The summed E-state index contributed by atoms with van der Waals surface area (Å²) in [5.41, 5.74) is 0.563. The second kappa shape index (κ2) is 5.74. The number of halogens is 1. The van der Waals surface area contributed by atoms with Gasteiger partial charge in [-0.15, -0.1) is 11.1 Å². The maximum absolute atomic E-state index is 9.05. The minimum atomic E-state index is -1.41. The molecule has 3 nitrogen and oxygen atoms in total. The van der Waals surface area contributed by atoms with Gasteiger partial charge in [0.05, 0.1) is 6.23 Å². The predicted octanol–water partition coefficient (Wildman–Crippen LogP) is 0.810. The van der Waals surface area contributed by atoms with E-state index in [2.05, 4.69) is 6.58 Å². The zero-order valence-corrected chi connectivity index (χ0v) is 8.39. The summed E-state index contributed by atoms with van der Waals surface area (Å²) in [7, 11) is 0.103. The standard InChI is InChI=1S/C6H12ClO3Si/c1-5(2)6(8)10-4-11(7)9-3/h6,8H,1,4H2,2-3H3. The molecule has 0 aromatic heterocycles. The third-order valence-corrected chi connectivity index (χ3v) is 2.62. The van der Waals surface area contributed by atoms with Crippen molar-refractivity contribution in [1.29, 1.82) is 0 Å². The largest absolute Gasteiger partial charge is 0.405 e. The average molecular weight is 196 g/mol. The molecule has 65 valence electrons. The van der Waals surface area contributed by atoms with Gasteiger partial charge in [0.1, 0.15) is 0 Å². The summed E-state index contributed by atoms with van der Waals surface area (Å²) in [6, 6.07) is 0. The molecule has 0 aliphatic heterocycles. The summed E-state index contributed by atoms with van der Waals surface area (Å²) in [5, 5.41) is 9.05. The van der Waals surface area contributed by atoms with Crippen molar-refractivity contribution >= 4 is 19.4 Å². The molecule has 0 heterocycles. The molecule has 0 amide bonds. The monoisotopic (exact) mass is 195 g/mol. The highest BCUT2D eigenvalue weighted by molar-refractivity contribution is 7.03. The van der Waals surface area contributed by atoms with Crippen LogP contribution in [-0.2, 0) is 9.16 Å². The Bertz CT molecular complexity index is 131. The highest BCUT2D eigenvalue weighted by atomic mass is 35.6. The fourth-order valence-corrected chi connectivity index (χ4v) is 0.941. The van der Waals surface area contributed by atoms with Gasteiger partial charge >= 0.3 is 8.35 Å². The minimum absolute atomic E-state index is 0.247. The summed E-state index contributed by atoms with van der Waals surface area (Å²) in [6.45, 7) is 5.19. The lowest BCUT2D eigenvalue weighted by Crippen LogP contribution is -2.23. The summed E-state index contributed by atoms with van der Waals surface area (Å²) < 4.78 is 9.68. The van der Waals surface area contributed by atoms with E-state index in [4.69, 9.17) is 25.3 Å². The smallest absolute Gasteiger partial charge is 0.350 e. The van der Waals surface area contributed by atoms with Gasteiger partial charge in [-0.25, -0.2) is 0 Å². The summed E-state index contributed by atoms with van der Waals surface area (Å²) in [5.74, 6) is 0. The molecule has 0 saturated carbocycles. The molecule has 0 aliphatic rings. The lowest BCUT2D eigenvalue weighted by atomic mass is 10.3. The fourth-order valence-electron chi connectivity index (χ4n) is 0.346. The first-order valence-corrected chi connectivity index (χ1v) is 5.71. The second-order valence-corrected chi connectivity index (χ2v) is 4.74. The molecule has 1 atom stereocenters. The quantitative estimate of drug-likeness (QED) is 0.306. The van der Waals surface area contributed by atoms with Crippen LogP contribution >= 0.6 is 11.1 Å². The van der Waals surface area contributed by atoms with Crippen molar-refractivity contribution in [3.05, 3.63) is 12.2 Å². The van der Waals surface area contributed by atoms with Crippen molar-refractivity contribution in [2.24, 2.45) is 0 Å². The molecular formula is C6H12ClO3Si. The molecule has 0 spiro atoms. The molecule has 5 heteroatoms. The maximum Gasteiger partial charge on any atom is 0.350 e. The van der Waals surface area contributed by atoms with Crippen LogP contribution in [0.2, 0.25) is 0 Å². The predicted molar refractivity (Wildman–Crippen MR) is 45.4 cm³/mol. The summed E-state index contributed by atoms with van der Waals surface area (Å²) in [4.78, 5) is 0. The van der Waals surface area contributed by atoms with Crippen LogP contribution in [0.3, 0.4) is 0 Å². The molecule has 11 heavy (non-hydrogen) atoms. The number of ether oxygens (including phenoxy) is 1. The molecular weight excluding hydrogens is 184 g/mol. The van der Waals surface area contributed by atoms with Crippen molar-refractivity contribution in [1.82, 2.24) is 0 Å². The summed E-state index contributed by atoms with van der Waals surface area (Å²) in [6.07, 6.45) is -0.680. The fraction of sp³-hybridized carbons (Fsp3) is 0.667. The lowest BCUT2D eigenvalue weighted by molar-refractivity contribution is -0.0565. The first-order valence-electron chi connectivity index (χ1n) is 3.08. The van der Waals surface area contributed by atoms with Gasteiger partial charge in [-0.1, -0.05) is 6.58 Å². The van der Waals surface area contributed by atoms with Gasteiger partial charge in [0.2, 0.25) is 0 Å². The highest BCUT2D eigenvalue weighted by Crippen LogP contribution is 2.01. The Morgan fingerprint density at radius 3 is 2.73 bits per heavy atom. The molecule has 1 radical (unpaired) electrons. The van der Waals surface area contributed by atoms with Gasteiger partial charge in [0.15, 0.2) is 6.29 Å². The van der Waals surface area contributed by atoms with E-state index in [1.54, 1.807) is 6.92 Å². The molecule has 0 aromatic rings. The molecule has 0 aliphatic carbocycles. The zero-order chi connectivity index (χ0) is 8.85. The van der Waals surface area contributed by atoms with E-state index in [1.807, 2.05) is 0 Å². The van der Waals surface area contributed by atoms with Crippen LogP contribution in [0.1, 0.15) is 6.92 Å². The van der Waals surface area contributed by atoms with Gasteiger partial charge in [0.25, 0.3) is 0 Å². The Balaban J connectivity index is 3.45. The molecule has 0 rings (SSSR count). The van der Waals surface area contributed by atoms with Gasteiger partial charge in [-0.05, 0) is 12.5 Å². The minimum Gasteiger partial charge on any atom is -0.405 e. The second-order valence-electron chi connectivity index (χ2n) is 2.07. The molecule has 0 bridgehead atoms. The van der Waals surface area contributed by atoms with Crippen LogP contribution in [-0.4, -0.2) is 33.1 Å². The Hall–Kier alpha value is 0.127. The first-order chi connectivity index (χ1) is 5.07. The normalized spacial score (nSPS) is 13.5. The van der Waals surface area contributed by atoms with E-state index < -0.39 is 14.6 Å². The van der Waals surface area contributed by atoms with E-state index in [-0.39, 0.29) is 6.23 Å². The highest BCUT2D eigenvalue weighted by Gasteiger charge is 2.11. The zero-order valence-electron chi connectivity index (χ0n) is 6.63. The van der Waals surface area contributed by atoms with Crippen LogP contribution in [0.4, 0.5) is 0 Å². The number of hydrogen-bond donors (Lipinski definition) is 1. The van der Waals surface area contributed by atoms with Crippen molar-refractivity contribution in [3.63, 3.8) is 0 Å². The number of hydrogen-bond acceptors (Lipinski definition) is 3. The third kappa shape index (κ3) is 5.40. The van der Waals surface area contributed by atoms with Gasteiger partial charge in [-0.2, -0.15) is 0 Å². The third-order valence-electron chi connectivity index (χ3n) is 0.998. The van der Waals surface area contributed by atoms with Gasteiger partial charge in [-0.3, -0.25) is 0 Å². The molecule has 0 fully saturated rings. The Kier molecular flexibility index (Phi) is 5.80. The Morgan fingerprint density at radius 1 is 1.82 bits per heavy atom. The molecule has 0 aromatic carbocycles. The van der Waals surface area contributed by atoms with E-state index in [1.165, 1.54) is 7.11 Å². The van der Waals surface area contributed by atoms with Gasteiger partial charge in [0, 0.05) is 7.11 Å². The van der Waals surface area contributed by atoms with Crippen molar-refractivity contribution in [2.45, 2.75) is 13.2 Å². The van der Waals surface area contributed by atoms with E-state index in [0.717, 1.165) is 0 Å². The van der Waals surface area contributed by atoms with Gasteiger partial charge < -0.3 is 14.3 Å². The molecule has 0 saturated heterocycles. The number of aliphatic hydroxyl groups is 1. The SMILES string of the molecule is C=C(C)C(O)OC[Si](Cl)OC. The topological polar surface area (TPSA) is 38.7 Å². The van der Waals surface area contributed by atoms with Crippen molar-refractivity contribution in [3.8, 4) is 0 Å². The van der Waals surface area contributed by atoms with E-state index in [9.17, 15) is 0 Å². The molecule has 1 N–H and O–H groups in total. The lowest BCUT2D eigenvalue weighted by Gasteiger charge is -2.11. The Morgan fingerprint density at radius 2 is 2.36 bits per heavy atom. The van der Waals surface area contributed by atoms with Crippen LogP contribution in [0.25, 0.3) is 0 Å². The van der Waals surface area contributed by atoms with Crippen molar-refractivity contribution in [2.75, 3.05) is 13.3 Å². The number of rotatable bonds is 5.